The molecule has 0 spiro atoms. The van der Waals surface area contributed by atoms with Gasteiger partial charge in [-0.1, -0.05) is 5.16 Å². The molecule has 0 unspecified atom stereocenters. The molecule has 1 aliphatic rings. The molecule has 1 heterocycles. The van der Waals surface area contributed by atoms with Crippen LogP contribution in [0.25, 0.3) is 11.3 Å². The van der Waals surface area contributed by atoms with Crippen LogP contribution in [0.3, 0.4) is 0 Å². The van der Waals surface area contributed by atoms with Crippen molar-refractivity contribution in [1.29, 1.82) is 0 Å². The number of carbonyl (C=O) groups is 1. The Morgan fingerprint density at radius 3 is 2.75 bits per heavy atom. The van der Waals surface area contributed by atoms with Crippen molar-refractivity contribution in [3.63, 3.8) is 0 Å². The van der Waals surface area contributed by atoms with E-state index in [9.17, 15) is 9.90 Å². The molecule has 0 aliphatic heterocycles. The number of halogens is 1. The van der Waals surface area contributed by atoms with E-state index in [0.717, 1.165) is 36.8 Å². The zero-order chi connectivity index (χ0) is 14.3. The van der Waals surface area contributed by atoms with Crippen molar-refractivity contribution in [3.8, 4) is 17.0 Å². The van der Waals surface area contributed by atoms with Gasteiger partial charge in [-0.15, -0.1) is 0 Å². The lowest BCUT2D eigenvalue weighted by molar-refractivity contribution is 0.0652. The van der Waals surface area contributed by atoms with Crippen LogP contribution in [0.2, 0.25) is 0 Å². The maximum Gasteiger partial charge on any atom is 0.374 e. The highest BCUT2D eigenvalue weighted by Gasteiger charge is 2.23. The Labute approximate surface area is 123 Å². The number of carboxylic acid groups (broad SMARTS) is 1. The van der Waals surface area contributed by atoms with Gasteiger partial charge in [0.1, 0.15) is 11.4 Å². The highest BCUT2D eigenvalue weighted by Crippen LogP contribution is 2.42. The van der Waals surface area contributed by atoms with Crippen molar-refractivity contribution in [2.45, 2.75) is 25.7 Å². The molecule has 0 saturated carbocycles. The molecule has 0 saturated heterocycles. The van der Waals surface area contributed by atoms with E-state index in [2.05, 4.69) is 21.1 Å². The SMILES string of the molecule is O=C(O)c1cc(-c2c(O)c(Br)cc3c2CCCC3)no1. The number of aromatic hydroxyl groups is 1. The largest absolute Gasteiger partial charge is 0.506 e. The van der Waals surface area contributed by atoms with Gasteiger partial charge in [0, 0.05) is 6.07 Å². The van der Waals surface area contributed by atoms with Crippen molar-refractivity contribution in [1.82, 2.24) is 5.16 Å². The van der Waals surface area contributed by atoms with Gasteiger partial charge in [0.15, 0.2) is 0 Å². The summed E-state index contributed by atoms with van der Waals surface area (Å²) >= 11 is 3.33. The summed E-state index contributed by atoms with van der Waals surface area (Å²) in [6, 6.07) is 3.27. The smallest absolute Gasteiger partial charge is 0.374 e. The van der Waals surface area contributed by atoms with Crippen LogP contribution in [-0.4, -0.2) is 21.3 Å². The highest BCUT2D eigenvalue weighted by atomic mass is 79.9. The van der Waals surface area contributed by atoms with E-state index in [4.69, 9.17) is 9.63 Å². The Kier molecular flexibility index (Phi) is 3.25. The number of aromatic nitrogens is 1. The summed E-state index contributed by atoms with van der Waals surface area (Å²) in [6.07, 6.45) is 3.96. The van der Waals surface area contributed by atoms with Crippen molar-refractivity contribution in [2.24, 2.45) is 0 Å². The summed E-state index contributed by atoms with van der Waals surface area (Å²) in [5.41, 5.74) is 3.13. The van der Waals surface area contributed by atoms with Crippen LogP contribution in [-0.2, 0) is 12.8 Å². The number of rotatable bonds is 2. The second-order valence-corrected chi connectivity index (χ2v) is 5.66. The van der Waals surface area contributed by atoms with Crippen LogP contribution in [0.5, 0.6) is 5.75 Å². The molecule has 104 valence electrons. The van der Waals surface area contributed by atoms with E-state index in [1.807, 2.05) is 6.07 Å². The monoisotopic (exact) mass is 337 g/mol. The molecule has 2 aromatic rings. The van der Waals surface area contributed by atoms with Gasteiger partial charge < -0.3 is 14.7 Å². The number of carboxylic acids is 1. The highest BCUT2D eigenvalue weighted by molar-refractivity contribution is 9.10. The third-order valence-corrected chi connectivity index (χ3v) is 4.16. The van der Waals surface area contributed by atoms with E-state index in [-0.39, 0.29) is 11.5 Å². The molecule has 6 heteroatoms. The molecule has 1 aliphatic carbocycles. The van der Waals surface area contributed by atoms with E-state index in [1.165, 1.54) is 6.07 Å². The summed E-state index contributed by atoms with van der Waals surface area (Å²) in [6.45, 7) is 0. The van der Waals surface area contributed by atoms with Crippen LogP contribution in [0.1, 0.15) is 34.5 Å². The molecule has 1 aromatic carbocycles. The molecule has 3 rings (SSSR count). The second-order valence-electron chi connectivity index (χ2n) is 4.81. The van der Waals surface area contributed by atoms with Crippen molar-refractivity contribution in [3.05, 3.63) is 33.5 Å². The van der Waals surface area contributed by atoms with Gasteiger partial charge in [0.05, 0.1) is 10.0 Å². The molecule has 0 fully saturated rings. The fourth-order valence-electron chi connectivity index (χ4n) is 2.63. The maximum absolute atomic E-state index is 10.9. The number of nitrogens with zero attached hydrogens (tertiary/aromatic N) is 1. The quantitative estimate of drug-likeness (QED) is 0.877. The number of hydrogen-bond acceptors (Lipinski definition) is 4. The molecule has 0 atom stereocenters. The van der Waals surface area contributed by atoms with Gasteiger partial charge in [-0.3, -0.25) is 0 Å². The lowest BCUT2D eigenvalue weighted by atomic mass is 9.86. The molecule has 20 heavy (non-hydrogen) atoms. The predicted octanol–water partition coefficient (Wildman–Crippen LogP) is 3.39. The number of aromatic carboxylic acids is 1. The van der Waals surface area contributed by atoms with Gasteiger partial charge in [-0.05, 0) is 58.8 Å². The predicted molar refractivity (Wildman–Crippen MR) is 74.9 cm³/mol. The number of hydrogen-bond donors (Lipinski definition) is 2. The normalized spacial score (nSPS) is 14.1. The van der Waals surface area contributed by atoms with E-state index < -0.39 is 5.97 Å². The Morgan fingerprint density at radius 1 is 1.30 bits per heavy atom. The van der Waals surface area contributed by atoms with Crippen LogP contribution >= 0.6 is 15.9 Å². The first-order valence-corrected chi connectivity index (χ1v) is 7.11. The zero-order valence-electron chi connectivity index (χ0n) is 10.5. The summed E-state index contributed by atoms with van der Waals surface area (Å²) in [5, 5.41) is 23.0. The Hall–Kier alpha value is -1.82. The number of fused-ring (bicyclic) bond motifs is 1. The first-order valence-electron chi connectivity index (χ1n) is 6.31. The maximum atomic E-state index is 10.9. The average molecular weight is 338 g/mol. The summed E-state index contributed by atoms with van der Waals surface area (Å²) in [7, 11) is 0. The lowest BCUT2D eigenvalue weighted by Crippen LogP contribution is -2.05. The molecular weight excluding hydrogens is 326 g/mol. The number of benzene rings is 1. The van der Waals surface area contributed by atoms with E-state index in [0.29, 0.717) is 15.7 Å². The Balaban J connectivity index is 2.20. The zero-order valence-corrected chi connectivity index (χ0v) is 12.1. The molecular formula is C14H12BrNO4. The number of phenols is 1. The summed E-state index contributed by atoms with van der Waals surface area (Å²) < 4.78 is 5.38. The molecule has 0 amide bonds. The van der Waals surface area contributed by atoms with Crippen molar-refractivity contribution < 1.29 is 19.5 Å². The van der Waals surface area contributed by atoms with Crippen LogP contribution < -0.4 is 0 Å². The summed E-state index contributed by atoms with van der Waals surface area (Å²) in [4.78, 5) is 10.9. The second kappa shape index (κ2) is 4.94. The van der Waals surface area contributed by atoms with Crippen molar-refractivity contribution in [2.75, 3.05) is 0 Å². The van der Waals surface area contributed by atoms with Gasteiger partial charge >= 0.3 is 5.97 Å². The van der Waals surface area contributed by atoms with Crippen LogP contribution in [0.4, 0.5) is 0 Å². The molecule has 0 bridgehead atoms. The fraction of sp³-hybridized carbons (Fsp3) is 0.286. The third kappa shape index (κ3) is 2.10. The molecule has 2 N–H and O–H groups in total. The minimum absolute atomic E-state index is 0.0795. The Morgan fingerprint density at radius 2 is 2.05 bits per heavy atom. The molecule has 1 aromatic heterocycles. The number of aryl methyl sites for hydroxylation is 1. The fourth-order valence-corrected chi connectivity index (χ4v) is 3.10. The standard InChI is InChI=1S/C14H12BrNO4/c15-9-5-7-3-1-2-4-8(7)12(13(9)17)10-6-11(14(18)19)20-16-10/h5-6,17H,1-4H2,(H,18,19). The third-order valence-electron chi connectivity index (χ3n) is 3.55. The average Bonchev–Trinajstić information content (AvgIpc) is 2.90. The van der Waals surface area contributed by atoms with Gasteiger partial charge in [-0.25, -0.2) is 4.79 Å². The van der Waals surface area contributed by atoms with Gasteiger partial charge in [0.25, 0.3) is 0 Å². The minimum atomic E-state index is -1.17. The van der Waals surface area contributed by atoms with Crippen LogP contribution in [0, 0.1) is 0 Å². The van der Waals surface area contributed by atoms with E-state index in [1.54, 1.807) is 0 Å². The Bertz CT molecular complexity index is 693. The van der Waals surface area contributed by atoms with Gasteiger partial charge in [-0.2, -0.15) is 0 Å². The van der Waals surface area contributed by atoms with Crippen molar-refractivity contribution >= 4 is 21.9 Å². The van der Waals surface area contributed by atoms with Crippen LogP contribution in [0.15, 0.2) is 21.1 Å². The van der Waals surface area contributed by atoms with E-state index >= 15 is 0 Å². The number of phenolic OH excluding ortho intramolecular Hbond substituents is 1. The topological polar surface area (TPSA) is 83.6 Å². The molecule has 0 radical (unpaired) electrons. The first kappa shape index (κ1) is 13.2. The van der Waals surface area contributed by atoms with Gasteiger partial charge in [0.2, 0.25) is 5.76 Å². The minimum Gasteiger partial charge on any atom is -0.506 e. The summed E-state index contributed by atoms with van der Waals surface area (Å²) in [5.74, 6) is -1.33. The lowest BCUT2D eigenvalue weighted by Gasteiger charge is -2.20. The first-order chi connectivity index (χ1) is 9.58. The molecule has 5 nitrogen and oxygen atoms in total.